The first-order chi connectivity index (χ1) is 18.6. The van der Waals surface area contributed by atoms with E-state index < -0.39 is 0 Å². The van der Waals surface area contributed by atoms with Crippen molar-refractivity contribution in [1.82, 2.24) is 25.8 Å². The first-order valence-electron chi connectivity index (χ1n) is 12.8. The number of H-pyrrole nitrogens is 1. The molecule has 1 fully saturated rings. The summed E-state index contributed by atoms with van der Waals surface area (Å²) in [5.41, 5.74) is 3.83. The second-order valence-corrected chi connectivity index (χ2v) is 9.36. The zero-order chi connectivity index (χ0) is 26.5. The van der Waals surface area contributed by atoms with Crippen LogP contribution in [-0.4, -0.2) is 47.3 Å². The van der Waals surface area contributed by atoms with Gasteiger partial charge in [0.05, 0.1) is 18.7 Å². The van der Waals surface area contributed by atoms with Crippen LogP contribution in [0.5, 0.6) is 11.6 Å². The van der Waals surface area contributed by atoms with Gasteiger partial charge < -0.3 is 20.1 Å². The molecule has 38 heavy (non-hydrogen) atoms. The summed E-state index contributed by atoms with van der Waals surface area (Å²) < 4.78 is 11.7. The average Bonchev–Trinajstić information content (AvgIpc) is 3.40. The Morgan fingerprint density at radius 1 is 1.03 bits per heavy atom. The number of benzene rings is 2. The monoisotopic (exact) mass is 513 g/mol. The van der Waals surface area contributed by atoms with Crippen LogP contribution < -0.4 is 20.1 Å². The molecule has 1 saturated carbocycles. The Kier molecular flexibility index (Phi) is 7.53. The van der Waals surface area contributed by atoms with Crippen LogP contribution in [0.4, 0.5) is 0 Å². The van der Waals surface area contributed by atoms with Gasteiger partial charge >= 0.3 is 0 Å². The van der Waals surface area contributed by atoms with Gasteiger partial charge in [-0.3, -0.25) is 14.7 Å². The van der Waals surface area contributed by atoms with Gasteiger partial charge in [-0.1, -0.05) is 30.7 Å². The first kappa shape index (κ1) is 25.3. The van der Waals surface area contributed by atoms with Crippen molar-refractivity contribution < 1.29 is 19.1 Å². The molecule has 0 unspecified atom stereocenters. The maximum absolute atomic E-state index is 13.3. The molecular weight excluding hydrogens is 482 g/mol. The number of nitrogens with one attached hydrogen (secondary N) is 3. The summed E-state index contributed by atoms with van der Waals surface area (Å²) in [6.07, 6.45) is 7.65. The number of ether oxygens (including phenoxy) is 2. The lowest BCUT2D eigenvalue weighted by Gasteiger charge is -2.24. The highest BCUT2D eigenvalue weighted by Gasteiger charge is 2.19. The van der Waals surface area contributed by atoms with E-state index >= 15 is 0 Å². The number of pyridine rings is 1. The topological polar surface area (TPSA) is 118 Å². The van der Waals surface area contributed by atoms with Gasteiger partial charge in [-0.2, -0.15) is 5.10 Å². The third-order valence-electron chi connectivity index (χ3n) is 6.89. The van der Waals surface area contributed by atoms with Crippen LogP contribution in [0.25, 0.3) is 22.0 Å². The highest BCUT2D eigenvalue weighted by molar-refractivity contribution is 6.05. The molecule has 2 heterocycles. The Bertz CT molecular complexity index is 1460. The van der Waals surface area contributed by atoms with Gasteiger partial charge in [-0.25, -0.2) is 4.98 Å². The molecular formula is C29H31N5O4. The van der Waals surface area contributed by atoms with Gasteiger partial charge in [-0.05, 0) is 55.5 Å². The second kappa shape index (κ2) is 11.3. The lowest BCUT2D eigenvalue weighted by Crippen LogP contribution is -2.25. The Morgan fingerprint density at radius 2 is 1.84 bits per heavy atom. The van der Waals surface area contributed by atoms with E-state index in [0.717, 1.165) is 35.3 Å². The van der Waals surface area contributed by atoms with Crippen LogP contribution in [0.1, 0.15) is 58.5 Å². The summed E-state index contributed by atoms with van der Waals surface area (Å²) in [5, 5.41) is 13.3. The number of aromatic amines is 1. The summed E-state index contributed by atoms with van der Waals surface area (Å²) in [5.74, 6) is 0.484. The van der Waals surface area contributed by atoms with Crippen LogP contribution in [0, 0.1) is 0 Å². The maximum Gasteiger partial charge on any atom is 0.272 e. The summed E-state index contributed by atoms with van der Waals surface area (Å²) in [7, 11) is 3.05. The Balaban J connectivity index is 1.35. The van der Waals surface area contributed by atoms with E-state index in [0.29, 0.717) is 28.7 Å². The lowest BCUT2D eigenvalue weighted by atomic mass is 9.97. The van der Waals surface area contributed by atoms with Crippen molar-refractivity contribution in [2.24, 2.45) is 0 Å². The normalized spacial score (nSPS) is 13.7. The molecule has 1 aliphatic carbocycles. The van der Waals surface area contributed by atoms with E-state index in [1.807, 2.05) is 42.5 Å². The second-order valence-electron chi connectivity index (χ2n) is 9.36. The van der Waals surface area contributed by atoms with Gasteiger partial charge in [0.15, 0.2) is 5.69 Å². The lowest BCUT2D eigenvalue weighted by molar-refractivity contribution is 0.0942. The third kappa shape index (κ3) is 5.32. The van der Waals surface area contributed by atoms with E-state index in [2.05, 4.69) is 25.8 Å². The molecule has 0 spiro atoms. The molecule has 2 aromatic heterocycles. The molecule has 0 bridgehead atoms. The summed E-state index contributed by atoms with van der Waals surface area (Å²) in [6.45, 7) is 0.317. The zero-order valence-electron chi connectivity index (χ0n) is 21.5. The average molecular weight is 514 g/mol. The van der Waals surface area contributed by atoms with Gasteiger partial charge in [0.1, 0.15) is 11.3 Å². The molecule has 3 N–H and O–H groups in total. The van der Waals surface area contributed by atoms with Crippen molar-refractivity contribution in [3.63, 3.8) is 0 Å². The van der Waals surface area contributed by atoms with Crippen LogP contribution in [0.2, 0.25) is 0 Å². The Labute approximate surface area is 221 Å². The predicted octanol–water partition coefficient (Wildman–Crippen LogP) is 4.63. The number of nitrogens with zero attached hydrogens (tertiary/aromatic N) is 2. The molecule has 4 aromatic rings. The smallest absolute Gasteiger partial charge is 0.272 e. The fourth-order valence-electron chi connectivity index (χ4n) is 4.82. The molecule has 0 saturated heterocycles. The molecule has 9 heteroatoms. The first-order valence-corrected chi connectivity index (χ1v) is 12.8. The number of hydrogen-bond acceptors (Lipinski definition) is 6. The van der Waals surface area contributed by atoms with E-state index in [1.54, 1.807) is 19.3 Å². The van der Waals surface area contributed by atoms with Crippen molar-refractivity contribution in [2.45, 2.75) is 44.8 Å². The van der Waals surface area contributed by atoms with Crippen LogP contribution in [0.15, 0.2) is 54.7 Å². The molecule has 1 aliphatic rings. The molecule has 2 aromatic carbocycles. The molecule has 0 atom stereocenters. The third-order valence-corrected chi connectivity index (χ3v) is 6.89. The van der Waals surface area contributed by atoms with Crippen molar-refractivity contribution in [2.75, 3.05) is 14.2 Å². The Hall–Kier alpha value is -4.40. The summed E-state index contributed by atoms with van der Waals surface area (Å²) in [4.78, 5) is 29.7. The van der Waals surface area contributed by atoms with Crippen LogP contribution in [0.3, 0.4) is 0 Å². The quantitative estimate of drug-likeness (QED) is 0.316. The number of amides is 2. The van der Waals surface area contributed by atoms with E-state index in [-0.39, 0.29) is 23.8 Å². The molecule has 5 rings (SSSR count). The van der Waals surface area contributed by atoms with Gasteiger partial charge in [-0.15, -0.1) is 0 Å². The van der Waals surface area contributed by atoms with Crippen LogP contribution in [-0.2, 0) is 6.54 Å². The fraction of sp³-hybridized carbons (Fsp3) is 0.310. The largest absolute Gasteiger partial charge is 0.490 e. The maximum atomic E-state index is 13.3. The highest BCUT2D eigenvalue weighted by Crippen LogP contribution is 2.29. The zero-order valence-corrected chi connectivity index (χ0v) is 21.5. The number of hydrogen-bond donors (Lipinski definition) is 3. The Morgan fingerprint density at radius 3 is 2.63 bits per heavy atom. The van der Waals surface area contributed by atoms with Gasteiger partial charge in [0.2, 0.25) is 5.88 Å². The van der Waals surface area contributed by atoms with Gasteiger partial charge in [0, 0.05) is 36.3 Å². The molecule has 0 radical (unpaired) electrons. The number of carbonyl (C=O) groups excluding carboxylic acids is 2. The molecule has 2 amide bonds. The number of para-hydroxylation sites is 1. The highest BCUT2D eigenvalue weighted by atomic mass is 16.5. The predicted molar refractivity (Wildman–Crippen MR) is 144 cm³/mol. The number of rotatable bonds is 8. The minimum absolute atomic E-state index is 0.223. The van der Waals surface area contributed by atoms with E-state index in [4.69, 9.17) is 9.47 Å². The van der Waals surface area contributed by atoms with Crippen LogP contribution >= 0.6 is 0 Å². The standard InChI is InChI=1S/C29H31N5O4/c1-30-28(36)26-22-13-12-18(15-24(22)33-34-26)20-14-23(29(37-2)32-17-20)27(35)31-16-19-8-6-7-11-25(19)38-21-9-4-3-5-10-21/h6-8,11-15,17,21H,3-5,9-10,16H2,1-2H3,(H,30,36)(H,31,35)(H,33,34). The van der Waals surface area contributed by atoms with E-state index in [9.17, 15) is 9.59 Å². The molecule has 196 valence electrons. The van der Waals surface area contributed by atoms with Crippen molar-refractivity contribution in [3.05, 3.63) is 71.5 Å². The minimum atomic E-state index is -0.298. The minimum Gasteiger partial charge on any atom is -0.490 e. The SMILES string of the molecule is CNC(=O)c1n[nH]c2cc(-c3cnc(OC)c(C(=O)NCc4ccccc4OC4CCCCC4)c3)ccc12. The number of methoxy groups -OCH3 is 1. The summed E-state index contributed by atoms with van der Waals surface area (Å²) >= 11 is 0. The van der Waals surface area contributed by atoms with E-state index in [1.165, 1.54) is 26.4 Å². The number of carbonyl (C=O) groups is 2. The van der Waals surface area contributed by atoms with Crippen molar-refractivity contribution >= 4 is 22.7 Å². The molecule has 0 aliphatic heterocycles. The number of fused-ring (bicyclic) bond motifs is 1. The number of aromatic nitrogens is 3. The summed E-state index contributed by atoms with van der Waals surface area (Å²) in [6, 6.07) is 15.1. The fourth-order valence-corrected chi connectivity index (χ4v) is 4.82. The van der Waals surface area contributed by atoms with Crippen molar-refractivity contribution in [1.29, 1.82) is 0 Å². The van der Waals surface area contributed by atoms with Crippen molar-refractivity contribution in [3.8, 4) is 22.8 Å². The molecule has 9 nitrogen and oxygen atoms in total. The van der Waals surface area contributed by atoms with Gasteiger partial charge in [0.25, 0.3) is 11.8 Å².